The van der Waals surface area contributed by atoms with E-state index in [2.05, 4.69) is 13.2 Å². The second kappa shape index (κ2) is 25.0. The lowest BCUT2D eigenvalue weighted by molar-refractivity contribution is -0.158. The summed E-state index contributed by atoms with van der Waals surface area (Å²) in [5, 5.41) is 1.93. The van der Waals surface area contributed by atoms with Crippen molar-refractivity contribution in [2.45, 2.75) is 117 Å². The van der Waals surface area contributed by atoms with Gasteiger partial charge in [0.2, 0.25) is 0 Å². The van der Waals surface area contributed by atoms with Gasteiger partial charge in [0.1, 0.15) is 83.5 Å². The molecule has 18 nitrogen and oxygen atoms in total. The predicted molar refractivity (Wildman–Crippen MR) is 349 cm³/mol. The molecule has 0 radical (unpaired) electrons. The van der Waals surface area contributed by atoms with Gasteiger partial charge in [0.15, 0.2) is 0 Å². The number of esters is 4. The van der Waals surface area contributed by atoms with Gasteiger partial charge in [-0.05, 0) is 151 Å². The highest BCUT2D eigenvalue weighted by atomic mass is 16.6. The summed E-state index contributed by atoms with van der Waals surface area (Å²) in [7, 11) is 0. The first-order valence-electron chi connectivity index (χ1n) is 31.4. The summed E-state index contributed by atoms with van der Waals surface area (Å²) in [5.41, 5.74) is 3.16. The number of hydrogen-bond donors (Lipinski definition) is 0. The van der Waals surface area contributed by atoms with Gasteiger partial charge < -0.3 is 37.9 Å². The molecular formula is C76H66N2O16. The average Bonchev–Trinajstić information content (AvgIpc) is 0.673. The number of aryl methyl sites for hydroxylation is 4. The first kappa shape index (κ1) is 62.0. The van der Waals surface area contributed by atoms with Crippen LogP contribution in [0, 0.1) is 27.7 Å². The third-order valence-electron chi connectivity index (χ3n) is 17.9. The Kier molecular flexibility index (Phi) is 16.5. The molecule has 9 aromatic rings. The number of imide groups is 2. The minimum Gasteiger partial charge on any atom is -0.461 e. The van der Waals surface area contributed by atoms with E-state index in [9.17, 15) is 19.2 Å². The molecular weight excluding hydrogens is 1200 g/mol. The number of carbonyl (C=O) groups excluding carboxylic acids is 8. The van der Waals surface area contributed by atoms with Gasteiger partial charge in [-0.25, -0.2) is 9.59 Å². The summed E-state index contributed by atoms with van der Waals surface area (Å²) >= 11 is 0. The Morgan fingerprint density at radius 3 is 0.883 bits per heavy atom. The van der Waals surface area contributed by atoms with Crippen molar-refractivity contribution in [2.75, 3.05) is 13.1 Å². The molecule has 0 bridgehead atoms. The summed E-state index contributed by atoms with van der Waals surface area (Å²) < 4.78 is 51.8. The van der Waals surface area contributed by atoms with E-state index in [4.69, 9.17) is 37.9 Å². The van der Waals surface area contributed by atoms with Gasteiger partial charge in [-0.2, -0.15) is 0 Å². The van der Waals surface area contributed by atoms with E-state index < -0.39 is 85.0 Å². The number of benzene rings is 9. The second-order valence-electron chi connectivity index (χ2n) is 24.7. The molecule has 4 amide bonds. The van der Waals surface area contributed by atoms with Crippen molar-refractivity contribution >= 4 is 90.6 Å². The van der Waals surface area contributed by atoms with Crippen molar-refractivity contribution in [3.8, 4) is 46.0 Å². The standard InChI is InChI=1S/C76H66N2O16/c1-39(2)75(85)89-47-25-17-23-45(31-47)87-61(79)37-77-71(81)49-33-57(91-53-27-13-9-19-41(53)5)65-67-59(93-55-29-15-11-21-43(55)7)35-51-64-52(74(84)78(73(51)83)38-62(80)88-46-24-18-26-48(32-46)90-76(86)40(3)4)36-60(94-56-30-16-12-22-44(56)8)68(70(64)67)66-58(92-54-28-14-10-20-42(54)6)34-50(72(77)82)63(49)69(65)66/h9-16,19-22,27-30,33-36,45-48H,1,3,17-18,23-26,31-32,37-38H2,2,4-8H3. The summed E-state index contributed by atoms with van der Waals surface area (Å²) in [6, 6.07) is 35.1. The molecule has 476 valence electrons. The third kappa shape index (κ3) is 11.5. The van der Waals surface area contributed by atoms with Gasteiger partial charge in [-0.3, -0.25) is 38.6 Å². The molecule has 13 rings (SSSR count). The molecule has 18 heteroatoms. The van der Waals surface area contributed by atoms with Crippen LogP contribution in [0.2, 0.25) is 0 Å². The molecule has 4 unspecified atom stereocenters. The topological polar surface area (TPSA) is 217 Å². The highest BCUT2D eigenvalue weighted by molar-refractivity contribution is 6.45. The Morgan fingerprint density at radius 2 is 0.628 bits per heavy atom. The molecule has 9 aromatic carbocycles. The zero-order chi connectivity index (χ0) is 66.0. The Balaban J connectivity index is 1.07. The fraction of sp³-hybridized carbons (Fsp3) is 0.263. The van der Waals surface area contributed by atoms with Gasteiger partial charge in [0, 0.05) is 67.1 Å². The highest BCUT2D eigenvalue weighted by Crippen LogP contribution is 2.58. The van der Waals surface area contributed by atoms with E-state index in [0.717, 1.165) is 9.80 Å². The van der Waals surface area contributed by atoms with Crippen molar-refractivity contribution < 1.29 is 76.3 Å². The molecule has 0 aromatic heterocycles. The fourth-order valence-corrected chi connectivity index (χ4v) is 13.2. The maximum Gasteiger partial charge on any atom is 0.333 e. The number of ether oxygens (including phenoxy) is 8. The van der Waals surface area contributed by atoms with Crippen LogP contribution < -0.4 is 18.9 Å². The van der Waals surface area contributed by atoms with Crippen molar-refractivity contribution in [1.82, 2.24) is 9.80 Å². The Bertz CT molecular complexity index is 4230. The van der Waals surface area contributed by atoms with Crippen LogP contribution >= 0.6 is 0 Å². The molecule has 2 fully saturated rings. The van der Waals surface area contributed by atoms with Crippen molar-refractivity contribution in [1.29, 1.82) is 0 Å². The maximum atomic E-state index is 15.7. The van der Waals surface area contributed by atoms with Crippen molar-refractivity contribution in [3.63, 3.8) is 0 Å². The van der Waals surface area contributed by atoms with Crippen LogP contribution in [-0.4, -0.2) is 94.8 Å². The zero-order valence-corrected chi connectivity index (χ0v) is 52.8. The molecule has 2 aliphatic carbocycles. The number of rotatable bonds is 18. The van der Waals surface area contributed by atoms with Crippen LogP contribution in [0.5, 0.6) is 46.0 Å². The number of fused-ring (bicyclic) bond motifs is 2. The van der Waals surface area contributed by atoms with Gasteiger partial charge in [-0.1, -0.05) is 86.0 Å². The summed E-state index contributed by atoms with van der Waals surface area (Å²) in [6.45, 7) is 16.3. The van der Waals surface area contributed by atoms with E-state index in [1.807, 2.05) is 76.2 Å². The molecule has 4 atom stereocenters. The first-order valence-corrected chi connectivity index (χ1v) is 31.4. The van der Waals surface area contributed by atoms with Crippen LogP contribution in [0.4, 0.5) is 0 Å². The molecule has 0 spiro atoms. The lowest BCUT2D eigenvalue weighted by Gasteiger charge is -2.33. The predicted octanol–water partition coefficient (Wildman–Crippen LogP) is 15.3. The number of hydrogen-bond acceptors (Lipinski definition) is 16. The van der Waals surface area contributed by atoms with Gasteiger partial charge in [0.25, 0.3) is 23.6 Å². The minimum atomic E-state index is -0.870. The summed E-state index contributed by atoms with van der Waals surface area (Å²) in [4.78, 5) is 118. The quantitative estimate of drug-likeness (QED) is 0.0195. The van der Waals surface area contributed by atoms with Gasteiger partial charge >= 0.3 is 23.9 Å². The SMILES string of the molecule is C=C(C)C(=O)OC1CCCC(OC(=O)CN2C(=O)c3cc(Oc4ccccc4C)c4c5c(Oc6ccccc6C)cc6c7c(cc(Oc8ccccc8C)c(c8c(Oc9ccccc9C)cc(c3c48)C2=O)c75)C(=O)N(CC(=O)OC2CCCC(OC(=O)C(=C)C)C2)C6=O)C1. The Morgan fingerprint density at radius 1 is 0.372 bits per heavy atom. The molecule has 0 saturated heterocycles. The summed E-state index contributed by atoms with van der Waals surface area (Å²) in [6.07, 6.45) is 1.12. The third-order valence-corrected chi connectivity index (χ3v) is 17.9. The largest absolute Gasteiger partial charge is 0.461 e. The van der Waals surface area contributed by atoms with Crippen LogP contribution in [0.15, 0.2) is 146 Å². The Hall–Kier alpha value is -10.9. The number of carbonyl (C=O) groups is 8. The number of amides is 4. The fourth-order valence-electron chi connectivity index (χ4n) is 13.2. The second-order valence-corrected chi connectivity index (χ2v) is 24.7. The van der Waals surface area contributed by atoms with Crippen LogP contribution in [0.1, 0.15) is 129 Å². The maximum absolute atomic E-state index is 15.7. The number of nitrogens with zero attached hydrogens (tertiary/aromatic N) is 2. The minimum absolute atomic E-state index is 0.0286. The normalized spacial score (nSPS) is 17.7. The summed E-state index contributed by atoms with van der Waals surface area (Å²) in [5.74, 6) is -4.47. The van der Waals surface area contributed by atoms with E-state index in [1.165, 1.54) is 24.3 Å². The highest BCUT2D eigenvalue weighted by Gasteiger charge is 2.44. The van der Waals surface area contributed by atoms with Gasteiger partial charge in [0.05, 0.1) is 22.3 Å². The molecule has 2 aliphatic heterocycles. The lowest BCUT2D eigenvalue weighted by atomic mass is 9.80. The Labute approximate surface area is 540 Å². The van der Waals surface area contributed by atoms with Crippen LogP contribution in [-0.2, 0) is 38.1 Å². The van der Waals surface area contributed by atoms with Gasteiger partial charge in [-0.15, -0.1) is 0 Å². The number of para-hydroxylation sites is 4. The van der Waals surface area contributed by atoms with Crippen molar-refractivity contribution in [3.05, 3.63) is 190 Å². The molecule has 0 N–H and O–H groups in total. The molecule has 4 aliphatic rings. The monoisotopic (exact) mass is 1260 g/mol. The van der Waals surface area contributed by atoms with E-state index >= 15 is 19.2 Å². The average molecular weight is 1260 g/mol. The molecule has 94 heavy (non-hydrogen) atoms. The van der Waals surface area contributed by atoms with E-state index in [0.29, 0.717) is 83.8 Å². The van der Waals surface area contributed by atoms with Crippen molar-refractivity contribution in [2.24, 2.45) is 0 Å². The zero-order valence-electron chi connectivity index (χ0n) is 52.8. The first-order chi connectivity index (χ1) is 45.2. The smallest absolute Gasteiger partial charge is 0.333 e. The lowest BCUT2D eigenvalue weighted by Crippen LogP contribution is -2.45. The van der Waals surface area contributed by atoms with Crippen LogP contribution in [0.3, 0.4) is 0 Å². The van der Waals surface area contributed by atoms with E-state index in [-0.39, 0.29) is 112 Å². The molecule has 2 heterocycles. The van der Waals surface area contributed by atoms with Crippen LogP contribution in [0.25, 0.3) is 43.1 Å². The van der Waals surface area contributed by atoms with E-state index in [1.54, 1.807) is 62.4 Å². The molecule has 2 saturated carbocycles.